The second-order valence-electron chi connectivity index (χ2n) is 4.23. The number of benzene rings is 2. The Morgan fingerprint density at radius 1 is 1.16 bits per heavy atom. The molecule has 2 rings (SSSR count). The first kappa shape index (κ1) is 13.1. The van der Waals surface area contributed by atoms with Crippen molar-refractivity contribution in [2.24, 2.45) is 0 Å². The van der Waals surface area contributed by atoms with Crippen molar-refractivity contribution in [1.82, 2.24) is 0 Å². The second kappa shape index (κ2) is 5.57. The van der Waals surface area contributed by atoms with E-state index < -0.39 is 5.97 Å². The minimum Gasteiger partial charge on any atom is -0.507 e. The number of methoxy groups -OCH3 is 1. The Morgan fingerprint density at radius 3 is 2.53 bits per heavy atom. The maximum absolute atomic E-state index is 11.4. The van der Waals surface area contributed by atoms with Crippen molar-refractivity contribution in [2.75, 3.05) is 7.11 Å². The first-order valence-electron chi connectivity index (χ1n) is 6.17. The Bertz CT molecular complexity index is 603. The topological polar surface area (TPSA) is 46.5 Å². The number of aromatic hydroxyl groups is 1. The maximum atomic E-state index is 11.4. The van der Waals surface area contributed by atoms with Crippen LogP contribution in [-0.2, 0) is 11.2 Å². The van der Waals surface area contributed by atoms with E-state index in [1.807, 2.05) is 24.3 Å². The molecule has 98 valence electrons. The molecule has 0 saturated heterocycles. The van der Waals surface area contributed by atoms with Crippen LogP contribution in [0.3, 0.4) is 0 Å². The van der Waals surface area contributed by atoms with Crippen molar-refractivity contribution in [2.45, 2.75) is 13.3 Å². The first-order valence-corrected chi connectivity index (χ1v) is 6.17. The van der Waals surface area contributed by atoms with E-state index in [2.05, 4.69) is 11.7 Å². The molecule has 0 unspecified atom stereocenters. The fourth-order valence-electron chi connectivity index (χ4n) is 2.10. The quantitative estimate of drug-likeness (QED) is 0.856. The molecule has 0 spiro atoms. The second-order valence-corrected chi connectivity index (χ2v) is 4.23. The van der Waals surface area contributed by atoms with Crippen molar-refractivity contribution in [3.05, 3.63) is 53.6 Å². The minimum atomic E-state index is -0.453. The Labute approximate surface area is 112 Å². The zero-order valence-corrected chi connectivity index (χ0v) is 11.0. The molecule has 0 aromatic heterocycles. The fraction of sp³-hybridized carbons (Fsp3) is 0.188. The van der Waals surface area contributed by atoms with Crippen LogP contribution in [0.5, 0.6) is 5.75 Å². The molecule has 0 fully saturated rings. The summed E-state index contributed by atoms with van der Waals surface area (Å²) in [5.41, 5.74) is 3.21. The number of aryl methyl sites for hydroxylation is 1. The number of carbonyl (C=O) groups excluding carboxylic acids is 1. The first-order chi connectivity index (χ1) is 9.17. The van der Waals surface area contributed by atoms with Crippen LogP contribution in [0.2, 0.25) is 0 Å². The molecule has 0 amide bonds. The van der Waals surface area contributed by atoms with Crippen molar-refractivity contribution in [3.8, 4) is 16.9 Å². The third kappa shape index (κ3) is 2.60. The molecule has 1 N–H and O–H groups in total. The van der Waals surface area contributed by atoms with Gasteiger partial charge >= 0.3 is 5.97 Å². The van der Waals surface area contributed by atoms with Crippen LogP contribution in [0.1, 0.15) is 22.8 Å². The van der Waals surface area contributed by atoms with E-state index in [0.717, 1.165) is 23.1 Å². The van der Waals surface area contributed by atoms with E-state index in [4.69, 9.17) is 0 Å². The Balaban J connectivity index is 2.49. The van der Waals surface area contributed by atoms with Crippen molar-refractivity contribution in [1.29, 1.82) is 0 Å². The van der Waals surface area contributed by atoms with E-state index in [1.165, 1.54) is 13.2 Å². The number of hydrogen-bond donors (Lipinski definition) is 1. The predicted molar refractivity (Wildman–Crippen MR) is 74.3 cm³/mol. The normalized spacial score (nSPS) is 10.2. The highest BCUT2D eigenvalue weighted by Gasteiger charge is 2.12. The molecule has 0 saturated carbocycles. The molecular formula is C16H16O3. The predicted octanol–water partition coefficient (Wildman–Crippen LogP) is 3.41. The number of ether oxygens (including phenoxy) is 1. The third-order valence-corrected chi connectivity index (χ3v) is 3.11. The average molecular weight is 256 g/mol. The molecule has 19 heavy (non-hydrogen) atoms. The lowest BCUT2D eigenvalue weighted by molar-refractivity contribution is 0.0600. The number of phenolic OH excluding ortho intramolecular Hbond substituents is 1. The Hall–Kier alpha value is -2.29. The molecular weight excluding hydrogens is 240 g/mol. The van der Waals surface area contributed by atoms with Crippen LogP contribution in [0, 0.1) is 0 Å². The number of carbonyl (C=O) groups is 1. The minimum absolute atomic E-state index is 0.0869. The maximum Gasteiger partial charge on any atom is 0.337 e. The average Bonchev–Trinajstić information content (AvgIpc) is 2.46. The summed E-state index contributed by atoms with van der Waals surface area (Å²) in [5, 5.41) is 10.1. The van der Waals surface area contributed by atoms with Crippen LogP contribution in [-0.4, -0.2) is 18.2 Å². The van der Waals surface area contributed by atoms with Gasteiger partial charge in [0, 0.05) is 5.56 Å². The number of esters is 1. The molecule has 2 aromatic carbocycles. The van der Waals surface area contributed by atoms with Gasteiger partial charge in [0.25, 0.3) is 0 Å². The van der Waals surface area contributed by atoms with E-state index in [1.54, 1.807) is 12.1 Å². The zero-order valence-electron chi connectivity index (χ0n) is 11.0. The smallest absolute Gasteiger partial charge is 0.337 e. The van der Waals surface area contributed by atoms with E-state index in [-0.39, 0.29) is 5.75 Å². The van der Waals surface area contributed by atoms with Gasteiger partial charge in [0.1, 0.15) is 5.75 Å². The Kier molecular flexibility index (Phi) is 3.85. The van der Waals surface area contributed by atoms with E-state index in [0.29, 0.717) is 5.56 Å². The fourth-order valence-corrected chi connectivity index (χ4v) is 2.10. The lowest BCUT2D eigenvalue weighted by Crippen LogP contribution is -2.00. The van der Waals surface area contributed by atoms with Crippen LogP contribution in [0.15, 0.2) is 42.5 Å². The molecule has 0 aliphatic carbocycles. The van der Waals surface area contributed by atoms with Gasteiger partial charge < -0.3 is 9.84 Å². The van der Waals surface area contributed by atoms with Gasteiger partial charge in [-0.15, -0.1) is 0 Å². The van der Waals surface area contributed by atoms with Gasteiger partial charge in [0.2, 0.25) is 0 Å². The molecule has 0 radical (unpaired) electrons. The van der Waals surface area contributed by atoms with Crippen LogP contribution in [0.25, 0.3) is 11.1 Å². The summed E-state index contributed by atoms with van der Waals surface area (Å²) in [4.78, 5) is 11.4. The summed E-state index contributed by atoms with van der Waals surface area (Å²) in [6.07, 6.45) is 0.883. The van der Waals surface area contributed by atoms with Crippen LogP contribution in [0.4, 0.5) is 0 Å². The highest BCUT2D eigenvalue weighted by molar-refractivity contribution is 5.91. The van der Waals surface area contributed by atoms with E-state index in [9.17, 15) is 9.90 Å². The molecule has 0 heterocycles. The molecule has 0 aliphatic heterocycles. The summed E-state index contributed by atoms with van der Waals surface area (Å²) >= 11 is 0. The summed E-state index contributed by atoms with van der Waals surface area (Å²) in [7, 11) is 1.32. The van der Waals surface area contributed by atoms with Gasteiger partial charge in [-0.2, -0.15) is 0 Å². The van der Waals surface area contributed by atoms with Crippen molar-refractivity contribution >= 4 is 5.97 Å². The summed E-state index contributed by atoms with van der Waals surface area (Å²) in [5.74, 6) is -0.366. The standard InChI is InChI=1S/C16H16O3/c1-3-11-6-4-5-7-13(11)14-9-8-12(10-15(14)17)16(18)19-2/h4-10,17H,3H2,1-2H3. The summed E-state index contributed by atoms with van der Waals surface area (Å²) < 4.78 is 4.63. The largest absolute Gasteiger partial charge is 0.507 e. The highest BCUT2D eigenvalue weighted by atomic mass is 16.5. The SMILES string of the molecule is CCc1ccccc1-c1ccc(C(=O)OC)cc1O. The lowest BCUT2D eigenvalue weighted by atomic mass is 9.96. The van der Waals surface area contributed by atoms with Gasteiger partial charge in [0.05, 0.1) is 12.7 Å². The number of rotatable bonds is 3. The monoisotopic (exact) mass is 256 g/mol. The summed E-state index contributed by atoms with van der Waals surface area (Å²) in [6, 6.07) is 12.7. The summed E-state index contributed by atoms with van der Waals surface area (Å²) in [6.45, 7) is 2.07. The van der Waals surface area contributed by atoms with Crippen molar-refractivity contribution in [3.63, 3.8) is 0 Å². The third-order valence-electron chi connectivity index (χ3n) is 3.11. The van der Waals surface area contributed by atoms with Gasteiger partial charge in [0.15, 0.2) is 0 Å². The molecule has 3 heteroatoms. The zero-order chi connectivity index (χ0) is 13.8. The molecule has 0 atom stereocenters. The lowest BCUT2D eigenvalue weighted by Gasteiger charge is -2.10. The van der Waals surface area contributed by atoms with E-state index >= 15 is 0 Å². The molecule has 0 bridgehead atoms. The Morgan fingerprint density at radius 2 is 1.89 bits per heavy atom. The van der Waals surface area contributed by atoms with Gasteiger partial charge in [-0.25, -0.2) is 4.79 Å². The molecule has 3 nitrogen and oxygen atoms in total. The highest BCUT2D eigenvalue weighted by Crippen LogP contribution is 2.32. The van der Waals surface area contributed by atoms with Gasteiger partial charge in [-0.3, -0.25) is 0 Å². The van der Waals surface area contributed by atoms with Gasteiger partial charge in [-0.05, 0) is 35.7 Å². The molecule has 0 aliphatic rings. The molecule has 2 aromatic rings. The number of phenols is 1. The van der Waals surface area contributed by atoms with Crippen LogP contribution >= 0.6 is 0 Å². The van der Waals surface area contributed by atoms with Crippen molar-refractivity contribution < 1.29 is 14.6 Å². The van der Waals surface area contributed by atoms with Crippen LogP contribution < -0.4 is 0 Å². The van der Waals surface area contributed by atoms with Gasteiger partial charge in [-0.1, -0.05) is 31.2 Å². The number of hydrogen-bond acceptors (Lipinski definition) is 3.